The molecule has 0 aromatic carbocycles. The molecule has 17 heavy (non-hydrogen) atoms. The predicted octanol–water partition coefficient (Wildman–Crippen LogP) is 3.57. The van der Waals surface area contributed by atoms with E-state index in [1.807, 2.05) is 27.0 Å². The van der Waals surface area contributed by atoms with Gasteiger partial charge in [0.15, 0.2) is 0 Å². The van der Waals surface area contributed by atoms with Crippen molar-refractivity contribution >= 4 is 6.21 Å². The second kappa shape index (κ2) is 4.65. The first kappa shape index (κ1) is 12.4. The summed E-state index contributed by atoms with van der Waals surface area (Å²) in [6.45, 7) is 8.73. The molecule has 1 fully saturated rings. The van der Waals surface area contributed by atoms with Crippen molar-refractivity contribution in [3.8, 4) is 0 Å². The molecule has 2 aliphatic heterocycles. The third-order valence-electron chi connectivity index (χ3n) is 3.13. The second-order valence-corrected chi connectivity index (χ2v) is 5.11. The predicted molar refractivity (Wildman–Crippen MR) is 68.9 cm³/mol. The van der Waals surface area contributed by atoms with Gasteiger partial charge in [0, 0.05) is 26.5 Å². The molecule has 0 N–H and O–H groups in total. The third kappa shape index (κ3) is 2.78. The summed E-state index contributed by atoms with van der Waals surface area (Å²) in [5, 5.41) is 0. The monoisotopic (exact) mass is 235 g/mol. The van der Waals surface area contributed by atoms with Crippen LogP contribution in [0.25, 0.3) is 0 Å². The minimum atomic E-state index is -0.553. The Morgan fingerprint density at radius 2 is 2.18 bits per heavy atom. The van der Waals surface area contributed by atoms with Gasteiger partial charge < -0.3 is 9.47 Å². The average molecular weight is 235 g/mol. The highest BCUT2D eigenvalue weighted by Gasteiger charge is 2.29. The van der Waals surface area contributed by atoms with Crippen LogP contribution < -0.4 is 0 Å². The first-order valence-corrected chi connectivity index (χ1v) is 6.29. The topological polar surface area (TPSA) is 30.8 Å². The summed E-state index contributed by atoms with van der Waals surface area (Å²) in [4.78, 5) is 4.49. The molecular weight excluding hydrogens is 214 g/mol. The first-order chi connectivity index (χ1) is 8.02. The number of hydrogen-bond donors (Lipinski definition) is 0. The number of ether oxygens (including phenoxy) is 2. The zero-order valence-electron chi connectivity index (χ0n) is 11.2. The summed E-state index contributed by atoms with van der Waals surface area (Å²) in [5.74, 6) is 0.396. The largest absolute Gasteiger partial charge is 0.465 e. The molecule has 0 amide bonds. The molecule has 2 heterocycles. The molecule has 2 aliphatic rings. The molecule has 1 saturated heterocycles. The molecule has 94 valence electrons. The van der Waals surface area contributed by atoms with E-state index in [-0.39, 0.29) is 0 Å². The van der Waals surface area contributed by atoms with Crippen molar-refractivity contribution in [1.29, 1.82) is 0 Å². The fraction of sp³-hybridized carbons (Fsp3) is 0.643. The summed E-state index contributed by atoms with van der Waals surface area (Å²) >= 11 is 0. The van der Waals surface area contributed by atoms with E-state index in [2.05, 4.69) is 11.9 Å². The second-order valence-electron chi connectivity index (χ2n) is 5.11. The summed E-state index contributed by atoms with van der Waals surface area (Å²) in [6, 6.07) is 0. The van der Waals surface area contributed by atoms with Crippen molar-refractivity contribution in [2.24, 2.45) is 4.99 Å². The normalized spacial score (nSPS) is 23.3. The van der Waals surface area contributed by atoms with Gasteiger partial charge in [0.25, 0.3) is 0 Å². The molecule has 0 radical (unpaired) electrons. The fourth-order valence-corrected chi connectivity index (χ4v) is 2.12. The standard InChI is InChI=1S/C14H21NO2/c1-5-6-11-8-15-10(2)13-7-12(11)9-16-14(3,4)17-13/h8H,5-7,9H2,1-4H3. The van der Waals surface area contributed by atoms with Gasteiger partial charge >= 0.3 is 0 Å². The zero-order chi connectivity index (χ0) is 12.5. The molecule has 0 aromatic rings. The molecule has 2 bridgehead atoms. The van der Waals surface area contributed by atoms with Crippen molar-refractivity contribution in [1.82, 2.24) is 0 Å². The molecule has 3 heteroatoms. The van der Waals surface area contributed by atoms with Gasteiger partial charge in [-0.3, -0.25) is 4.99 Å². The molecule has 0 unspecified atom stereocenters. The van der Waals surface area contributed by atoms with Gasteiger partial charge in [-0.25, -0.2) is 0 Å². The molecule has 3 nitrogen and oxygen atoms in total. The Kier molecular flexibility index (Phi) is 3.38. The van der Waals surface area contributed by atoms with Crippen LogP contribution in [0, 0.1) is 0 Å². The van der Waals surface area contributed by atoms with E-state index >= 15 is 0 Å². The van der Waals surface area contributed by atoms with Crippen LogP contribution in [0.3, 0.4) is 0 Å². The SMILES string of the molecule is CCCC1=C2COC(C)(C)OC(=C(C)N=C1)C2. The van der Waals surface area contributed by atoms with E-state index in [0.717, 1.165) is 30.7 Å². The van der Waals surface area contributed by atoms with Crippen molar-refractivity contribution < 1.29 is 9.47 Å². The highest BCUT2D eigenvalue weighted by molar-refractivity contribution is 5.81. The maximum atomic E-state index is 5.90. The molecule has 0 aliphatic carbocycles. The smallest absolute Gasteiger partial charge is 0.204 e. The van der Waals surface area contributed by atoms with Gasteiger partial charge in [-0.1, -0.05) is 13.3 Å². The Morgan fingerprint density at radius 3 is 2.88 bits per heavy atom. The quantitative estimate of drug-likeness (QED) is 0.732. The number of hydrogen-bond acceptors (Lipinski definition) is 3. The highest BCUT2D eigenvalue weighted by Crippen LogP contribution is 2.32. The number of allylic oxidation sites excluding steroid dienone is 3. The van der Waals surface area contributed by atoms with Gasteiger partial charge in [0.2, 0.25) is 5.79 Å². The van der Waals surface area contributed by atoms with E-state index < -0.39 is 5.79 Å². The van der Waals surface area contributed by atoms with Crippen LogP contribution in [0.1, 0.15) is 47.0 Å². The molecular formula is C14H21NO2. The molecule has 0 spiro atoms. The molecule has 0 aromatic heterocycles. The first-order valence-electron chi connectivity index (χ1n) is 6.29. The lowest BCUT2D eigenvalue weighted by Crippen LogP contribution is -2.26. The highest BCUT2D eigenvalue weighted by atomic mass is 16.7. The van der Waals surface area contributed by atoms with Crippen LogP contribution in [-0.4, -0.2) is 18.6 Å². The third-order valence-corrected chi connectivity index (χ3v) is 3.13. The van der Waals surface area contributed by atoms with Crippen LogP contribution >= 0.6 is 0 Å². The van der Waals surface area contributed by atoms with Crippen molar-refractivity contribution in [2.75, 3.05) is 6.61 Å². The zero-order valence-corrected chi connectivity index (χ0v) is 11.2. The summed E-state index contributed by atoms with van der Waals surface area (Å²) in [5.41, 5.74) is 3.59. The van der Waals surface area contributed by atoms with E-state index in [4.69, 9.17) is 9.47 Å². The Bertz CT molecular complexity index is 402. The lowest BCUT2D eigenvalue weighted by Gasteiger charge is -2.25. The van der Waals surface area contributed by atoms with E-state index in [1.165, 1.54) is 11.1 Å². The van der Waals surface area contributed by atoms with Crippen LogP contribution in [0.15, 0.2) is 27.6 Å². The van der Waals surface area contributed by atoms with Gasteiger partial charge in [-0.15, -0.1) is 0 Å². The number of aliphatic imine (C=N–C) groups is 1. The van der Waals surface area contributed by atoms with Crippen molar-refractivity contribution in [2.45, 2.75) is 52.7 Å². The van der Waals surface area contributed by atoms with E-state index in [0.29, 0.717) is 6.61 Å². The maximum Gasteiger partial charge on any atom is 0.204 e. The summed E-state index contributed by atoms with van der Waals surface area (Å²) < 4.78 is 11.7. The van der Waals surface area contributed by atoms with Crippen molar-refractivity contribution in [3.05, 3.63) is 22.6 Å². The summed E-state index contributed by atoms with van der Waals surface area (Å²) in [7, 11) is 0. The number of nitrogens with zero attached hydrogens (tertiary/aromatic N) is 1. The molecule has 2 rings (SSSR count). The Morgan fingerprint density at radius 1 is 1.41 bits per heavy atom. The Labute approximate surface area is 103 Å². The minimum absolute atomic E-state index is 0.553. The molecule has 0 saturated carbocycles. The van der Waals surface area contributed by atoms with E-state index in [9.17, 15) is 0 Å². The lowest BCUT2D eigenvalue weighted by atomic mass is 10.0. The Hall–Kier alpha value is -1.09. The number of rotatable bonds is 2. The summed E-state index contributed by atoms with van der Waals surface area (Å²) in [6.07, 6.45) is 5.00. The van der Waals surface area contributed by atoms with Crippen LogP contribution in [0.2, 0.25) is 0 Å². The lowest BCUT2D eigenvalue weighted by molar-refractivity contribution is -0.177. The van der Waals surface area contributed by atoms with Gasteiger partial charge in [0.05, 0.1) is 12.3 Å². The van der Waals surface area contributed by atoms with Crippen LogP contribution in [0.5, 0.6) is 0 Å². The average Bonchev–Trinajstić information content (AvgIpc) is 2.50. The van der Waals surface area contributed by atoms with E-state index in [1.54, 1.807) is 0 Å². The fourth-order valence-electron chi connectivity index (χ4n) is 2.12. The molecule has 0 atom stereocenters. The van der Waals surface area contributed by atoms with Crippen LogP contribution in [-0.2, 0) is 9.47 Å². The van der Waals surface area contributed by atoms with Crippen molar-refractivity contribution in [3.63, 3.8) is 0 Å². The number of fused-ring (bicyclic) bond motifs is 2. The maximum absolute atomic E-state index is 5.90. The minimum Gasteiger partial charge on any atom is -0.465 e. The van der Waals surface area contributed by atoms with Gasteiger partial charge in [-0.2, -0.15) is 0 Å². The van der Waals surface area contributed by atoms with Crippen LogP contribution in [0.4, 0.5) is 0 Å². The van der Waals surface area contributed by atoms with Gasteiger partial charge in [-0.05, 0) is 24.5 Å². The Balaban J connectivity index is 2.38. The van der Waals surface area contributed by atoms with Gasteiger partial charge in [0.1, 0.15) is 5.76 Å².